The molecule has 2 aliphatic rings. The molecule has 5 heteroatoms. The van der Waals surface area contributed by atoms with Gasteiger partial charge in [0, 0.05) is 30.8 Å². The Morgan fingerprint density at radius 2 is 1.57 bits per heavy atom. The molecule has 0 aliphatic carbocycles. The highest BCUT2D eigenvalue weighted by atomic mass is 16.5. The first-order chi connectivity index (χ1) is 14.4. The van der Waals surface area contributed by atoms with Gasteiger partial charge in [-0.2, -0.15) is 4.98 Å². The van der Waals surface area contributed by atoms with E-state index in [0.717, 1.165) is 38.0 Å². The van der Waals surface area contributed by atoms with E-state index >= 15 is 0 Å². The molecule has 2 aromatic carbocycles. The molecule has 0 bridgehead atoms. The van der Waals surface area contributed by atoms with Crippen molar-refractivity contribution in [2.75, 3.05) is 31.2 Å². The summed E-state index contributed by atoms with van der Waals surface area (Å²) in [5, 5.41) is 0. The Labute approximate surface area is 177 Å². The van der Waals surface area contributed by atoms with E-state index in [0.29, 0.717) is 11.3 Å². The molecule has 1 spiro atoms. The summed E-state index contributed by atoms with van der Waals surface area (Å²) in [7, 11) is 0. The molecule has 3 aromatic rings. The molecule has 154 valence electrons. The molecule has 1 aromatic heterocycles. The highest BCUT2D eigenvalue weighted by molar-refractivity contribution is 5.42. The Balaban J connectivity index is 1.28. The number of benzene rings is 2. The molecule has 2 saturated heterocycles. The van der Waals surface area contributed by atoms with Crippen LogP contribution in [0.25, 0.3) is 0 Å². The van der Waals surface area contributed by atoms with Gasteiger partial charge in [-0.1, -0.05) is 55.8 Å². The summed E-state index contributed by atoms with van der Waals surface area (Å²) in [6.07, 6.45) is 1.76. The average molecular weight is 402 g/mol. The number of hydrogen-bond acceptors (Lipinski definition) is 5. The van der Waals surface area contributed by atoms with E-state index in [1.54, 1.807) is 12.3 Å². The Kier molecular flexibility index (Phi) is 4.51. The predicted octanol–water partition coefficient (Wildman–Crippen LogP) is 4.74. The second-order valence-corrected chi connectivity index (χ2v) is 9.16. The fourth-order valence-corrected chi connectivity index (χ4v) is 4.22. The van der Waals surface area contributed by atoms with Crippen molar-refractivity contribution in [3.05, 3.63) is 77.5 Å². The maximum Gasteiger partial charge on any atom is 0.228 e. The van der Waals surface area contributed by atoms with Gasteiger partial charge in [-0.15, -0.1) is 0 Å². The number of aromatic nitrogens is 2. The molecule has 0 N–H and O–H groups in total. The molecular formula is C25H27N3O2. The van der Waals surface area contributed by atoms with Crippen LogP contribution in [0.5, 0.6) is 11.6 Å². The van der Waals surface area contributed by atoms with Crippen LogP contribution in [0.3, 0.4) is 0 Å². The lowest BCUT2D eigenvalue weighted by molar-refractivity contribution is -0.127. The smallest absolute Gasteiger partial charge is 0.228 e. The predicted molar refractivity (Wildman–Crippen MR) is 117 cm³/mol. The lowest BCUT2D eigenvalue weighted by Crippen LogP contribution is -2.66. The Bertz CT molecular complexity index is 1030. The molecule has 0 radical (unpaired) electrons. The summed E-state index contributed by atoms with van der Waals surface area (Å²) in [6, 6.07) is 18.8. The van der Waals surface area contributed by atoms with Crippen LogP contribution in [0, 0.1) is 12.3 Å². The van der Waals surface area contributed by atoms with E-state index in [2.05, 4.69) is 72.0 Å². The largest absolute Gasteiger partial charge is 0.439 e. The zero-order chi connectivity index (χ0) is 20.8. The third-order valence-electron chi connectivity index (χ3n) is 6.34. The summed E-state index contributed by atoms with van der Waals surface area (Å²) in [5.41, 5.74) is 4.08. The molecule has 0 atom stereocenters. The van der Waals surface area contributed by atoms with E-state index in [1.807, 2.05) is 12.1 Å². The van der Waals surface area contributed by atoms with Crippen molar-refractivity contribution in [1.82, 2.24) is 9.97 Å². The highest BCUT2D eigenvalue weighted by Gasteiger charge is 2.49. The number of aryl methyl sites for hydroxylation is 1. The third kappa shape index (κ3) is 3.43. The van der Waals surface area contributed by atoms with Crippen LogP contribution < -0.4 is 9.64 Å². The summed E-state index contributed by atoms with van der Waals surface area (Å²) < 4.78 is 11.4. The molecule has 2 aliphatic heterocycles. The first-order valence-corrected chi connectivity index (χ1v) is 10.4. The first-order valence-electron chi connectivity index (χ1n) is 10.4. The molecule has 30 heavy (non-hydrogen) atoms. The third-order valence-corrected chi connectivity index (χ3v) is 6.34. The first kappa shape index (κ1) is 19.1. The van der Waals surface area contributed by atoms with Crippen molar-refractivity contribution in [2.45, 2.75) is 26.2 Å². The number of rotatable bonds is 5. The van der Waals surface area contributed by atoms with E-state index in [-0.39, 0.29) is 5.41 Å². The van der Waals surface area contributed by atoms with E-state index < -0.39 is 0 Å². The SMILES string of the molecule is Cc1ccc(C(C)(C)c2ccc(Oc3ccnc(N4CC5(COC5)C4)n3)cc2)cc1. The van der Waals surface area contributed by atoms with Gasteiger partial charge in [0.1, 0.15) is 5.75 Å². The molecule has 5 nitrogen and oxygen atoms in total. The van der Waals surface area contributed by atoms with Gasteiger partial charge in [0.15, 0.2) is 0 Å². The lowest BCUT2D eigenvalue weighted by atomic mass is 9.78. The monoisotopic (exact) mass is 401 g/mol. The van der Waals surface area contributed by atoms with Gasteiger partial charge < -0.3 is 14.4 Å². The minimum Gasteiger partial charge on any atom is -0.439 e. The fourth-order valence-electron chi connectivity index (χ4n) is 4.22. The van der Waals surface area contributed by atoms with Crippen LogP contribution in [0.15, 0.2) is 60.8 Å². The molecule has 0 amide bonds. The second kappa shape index (κ2) is 7.10. The fraction of sp³-hybridized carbons (Fsp3) is 0.360. The van der Waals surface area contributed by atoms with Crippen LogP contribution in [-0.2, 0) is 10.2 Å². The van der Waals surface area contributed by atoms with Crippen molar-refractivity contribution in [3.8, 4) is 11.6 Å². The van der Waals surface area contributed by atoms with Gasteiger partial charge in [-0.3, -0.25) is 0 Å². The quantitative estimate of drug-likeness (QED) is 0.618. The minimum absolute atomic E-state index is 0.0764. The van der Waals surface area contributed by atoms with Gasteiger partial charge in [-0.05, 0) is 30.2 Å². The van der Waals surface area contributed by atoms with Gasteiger partial charge in [-0.25, -0.2) is 4.98 Å². The van der Waals surface area contributed by atoms with Crippen LogP contribution in [0.1, 0.15) is 30.5 Å². The van der Waals surface area contributed by atoms with Crippen molar-refractivity contribution in [3.63, 3.8) is 0 Å². The van der Waals surface area contributed by atoms with E-state index in [9.17, 15) is 0 Å². The topological polar surface area (TPSA) is 47.5 Å². The Morgan fingerprint density at radius 3 is 2.17 bits per heavy atom. The molecule has 0 unspecified atom stereocenters. The summed E-state index contributed by atoms with van der Waals surface area (Å²) in [5.74, 6) is 2.06. The van der Waals surface area contributed by atoms with Crippen molar-refractivity contribution < 1.29 is 9.47 Å². The van der Waals surface area contributed by atoms with Crippen LogP contribution in [0.4, 0.5) is 5.95 Å². The van der Waals surface area contributed by atoms with Crippen molar-refractivity contribution in [1.29, 1.82) is 0 Å². The molecule has 3 heterocycles. The standard InChI is InChI=1S/C25H27N3O2/c1-18-4-6-19(7-5-18)24(2,3)20-8-10-21(11-9-20)30-22-12-13-26-23(27-22)28-14-25(15-28)16-29-17-25/h4-13H,14-17H2,1-3H3. The summed E-state index contributed by atoms with van der Waals surface area (Å²) >= 11 is 0. The van der Waals surface area contributed by atoms with E-state index in [4.69, 9.17) is 9.47 Å². The zero-order valence-electron chi connectivity index (χ0n) is 17.8. The van der Waals surface area contributed by atoms with Gasteiger partial charge >= 0.3 is 0 Å². The lowest BCUT2D eigenvalue weighted by Gasteiger charge is -2.54. The number of hydrogen-bond donors (Lipinski definition) is 0. The molecular weight excluding hydrogens is 374 g/mol. The molecule has 0 saturated carbocycles. The van der Waals surface area contributed by atoms with Crippen LogP contribution in [-0.4, -0.2) is 36.3 Å². The normalized spacial score (nSPS) is 17.4. The maximum absolute atomic E-state index is 6.02. The Hall–Kier alpha value is -2.92. The molecule has 5 rings (SSSR count). The van der Waals surface area contributed by atoms with E-state index in [1.165, 1.54) is 16.7 Å². The number of anilines is 1. The zero-order valence-corrected chi connectivity index (χ0v) is 17.8. The minimum atomic E-state index is -0.0764. The summed E-state index contributed by atoms with van der Waals surface area (Å²) in [6.45, 7) is 10.2. The molecule has 2 fully saturated rings. The Morgan fingerprint density at radius 1 is 0.933 bits per heavy atom. The second-order valence-electron chi connectivity index (χ2n) is 9.16. The van der Waals surface area contributed by atoms with Crippen molar-refractivity contribution in [2.24, 2.45) is 5.41 Å². The number of ether oxygens (including phenoxy) is 2. The maximum atomic E-state index is 6.02. The highest BCUT2D eigenvalue weighted by Crippen LogP contribution is 2.39. The average Bonchev–Trinajstić information content (AvgIpc) is 2.67. The van der Waals surface area contributed by atoms with Gasteiger partial charge in [0.25, 0.3) is 0 Å². The van der Waals surface area contributed by atoms with Crippen molar-refractivity contribution >= 4 is 5.95 Å². The van der Waals surface area contributed by atoms with Gasteiger partial charge in [0.05, 0.1) is 18.6 Å². The van der Waals surface area contributed by atoms with Crippen LogP contribution >= 0.6 is 0 Å². The summed E-state index contributed by atoms with van der Waals surface area (Å²) in [4.78, 5) is 11.2. The van der Waals surface area contributed by atoms with Gasteiger partial charge in [0.2, 0.25) is 11.8 Å². The number of nitrogens with zero attached hydrogens (tertiary/aromatic N) is 3. The van der Waals surface area contributed by atoms with Crippen LogP contribution in [0.2, 0.25) is 0 Å².